The van der Waals surface area contributed by atoms with Gasteiger partial charge >= 0.3 is 0 Å². The maximum absolute atomic E-state index is 5.21. The zero-order valence-corrected chi connectivity index (χ0v) is 8.64. The molecule has 0 saturated carbocycles. The van der Waals surface area contributed by atoms with Crippen molar-refractivity contribution in [1.82, 2.24) is 9.97 Å². The van der Waals surface area contributed by atoms with Crippen LogP contribution in [-0.2, 0) is 0 Å². The van der Waals surface area contributed by atoms with Crippen LogP contribution in [-0.4, -0.2) is 9.97 Å². The highest BCUT2D eigenvalue weighted by molar-refractivity contribution is 7.71. The SMILES string of the molecule is Cc1ccc(-c2c[nH]ccc2=S)nc1. The van der Waals surface area contributed by atoms with E-state index in [1.165, 1.54) is 0 Å². The third-order valence-corrected chi connectivity index (χ3v) is 2.37. The minimum absolute atomic E-state index is 0.820. The molecule has 0 aliphatic rings. The fraction of sp³-hybridized carbons (Fsp3) is 0.0909. The van der Waals surface area contributed by atoms with Crippen molar-refractivity contribution in [2.24, 2.45) is 0 Å². The Labute approximate surface area is 87.7 Å². The molecule has 0 aromatic carbocycles. The van der Waals surface area contributed by atoms with E-state index in [2.05, 4.69) is 9.97 Å². The Kier molecular flexibility index (Phi) is 2.41. The monoisotopic (exact) mass is 202 g/mol. The summed E-state index contributed by atoms with van der Waals surface area (Å²) >= 11 is 5.21. The number of nitrogens with one attached hydrogen (secondary N) is 1. The average molecular weight is 202 g/mol. The van der Waals surface area contributed by atoms with E-state index in [9.17, 15) is 0 Å². The van der Waals surface area contributed by atoms with Gasteiger partial charge in [-0.3, -0.25) is 4.98 Å². The van der Waals surface area contributed by atoms with Gasteiger partial charge in [0.1, 0.15) is 0 Å². The van der Waals surface area contributed by atoms with Gasteiger partial charge in [-0.25, -0.2) is 0 Å². The van der Waals surface area contributed by atoms with Crippen molar-refractivity contribution in [2.75, 3.05) is 0 Å². The van der Waals surface area contributed by atoms with Crippen LogP contribution in [0.1, 0.15) is 5.56 Å². The first-order valence-electron chi connectivity index (χ1n) is 4.37. The summed E-state index contributed by atoms with van der Waals surface area (Å²) in [5.41, 5.74) is 3.04. The molecule has 0 amide bonds. The zero-order valence-electron chi connectivity index (χ0n) is 7.82. The van der Waals surface area contributed by atoms with Crippen LogP contribution in [0.3, 0.4) is 0 Å². The number of hydrogen-bond donors (Lipinski definition) is 1. The molecule has 70 valence electrons. The molecule has 0 atom stereocenters. The lowest BCUT2D eigenvalue weighted by Gasteiger charge is -2.00. The third kappa shape index (κ3) is 1.72. The molecular formula is C11H10N2S. The summed E-state index contributed by atoms with van der Waals surface area (Å²) in [5, 5.41) is 0. The molecule has 2 aromatic heterocycles. The van der Waals surface area contributed by atoms with Gasteiger partial charge in [0.2, 0.25) is 0 Å². The number of aromatic nitrogens is 2. The van der Waals surface area contributed by atoms with Gasteiger partial charge in [-0.15, -0.1) is 0 Å². The lowest BCUT2D eigenvalue weighted by atomic mass is 10.2. The van der Waals surface area contributed by atoms with Crippen molar-refractivity contribution in [3.05, 3.63) is 46.9 Å². The predicted molar refractivity (Wildman–Crippen MR) is 59.6 cm³/mol. The molecule has 0 fully saturated rings. The first-order valence-corrected chi connectivity index (χ1v) is 4.78. The summed E-state index contributed by atoms with van der Waals surface area (Å²) in [7, 11) is 0. The molecule has 2 rings (SSSR count). The van der Waals surface area contributed by atoms with Gasteiger partial charge in [0.05, 0.1) is 5.69 Å². The minimum Gasteiger partial charge on any atom is -0.367 e. The molecule has 2 heterocycles. The van der Waals surface area contributed by atoms with E-state index in [-0.39, 0.29) is 0 Å². The first kappa shape index (κ1) is 9.09. The minimum atomic E-state index is 0.820. The Morgan fingerprint density at radius 1 is 1.29 bits per heavy atom. The number of pyridine rings is 2. The van der Waals surface area contributed by atoms with Gasteiger partial charge in [0, 0.05) is 28.7 Å². The van der Waals surface area contributed by atoms with Crippen LogP contribution in [0.2, 0.25) is 0 Å². The van der Waals surface area contributed by atoms with Gasteiger partial charge in [-0.05, 0) is 24.6 Å². The second kappa shape index (κ2) is 3.72. The molecule has 2 aromatic rings. The van der Waals surface area contributed by atoms with Gasteiger partial charge in [0.15, 0.2) is 0 Å². The smallest absolute Gasteiger partial charge is 0.0731 e. The van der Waals surface area contributed by atoms with E-state index in [0.717, 1.165) is 21.3 Å². The molecule has 0 unspecified atom stereocenters. The molecule has 2 nitrogen and oxygen atoms in total. The normalized spacial score (nSPS) is 10.1. The fourth-order valence-electron chi connectivity index (χ4n) is 1.24. The highest BCUT2D eigenvalue weighted by Crippen LogP contribution is 2.16. The number of aromatic amines is 1. The van der Waals surface area contributed by atoms with Crippen molar-refractivity contribution in [1.29, 1.82) is 0 Å². The number of rotatable bonds is 1. The summed E-state index contributed by atoms with van der Waals surface area (Å²) in [5.74, 6) is 0. The Hall–Kier alpha value is -1.48. The van der Waals surface area contributed by atoms with Crippen LogP contribution in [0.5, 0.6) is 0 Å². The van der Waals surface area contributed by atoms with Gasteiger partial charge < -0.3 is 4.98 Å². The van der Waals surface area contributed by atoms with Crippen molar-refractivity contribution in [2.45, 2.75) is 6.92 Å². The molecular weight excluding hydrogens is 192 g/mol. The second-order valence-electron chi connectivity index (χ2n) is 3.14. The van der Waals surface area contributed by atoms with Crippen molar-refractivity contribution in [3.63, 3.8) is 0 Å². The Bertz CT molecular complexity index is 485. The molecule has 0 spiro atoms. The highest BCUT2D eigenvalue weighted by atomic mass is 32.1. The van der Waals surface area contributed by atoms with Crippen LogP contribution < -0.4 is 0 Å². The number of aryl methyl sites for hydroxylation is 1. The summed E-state index contributed by atoms with van der Waals surface area (Å²) in [6, 6.07) is 5.88. The molecule has 3 heteroatoms. The molecule has 14 heavy (non-hydrogen) atoms. The summed E-state index contributed by atoms with van der Waals surface area (Å²) < 4.78 is 0.820. The quantitative estimate of drug-likeness (QED) is 0.720. The first-order chi connectivity index (χ1) is 6.77. The summed E-state index contributed by atoms with van der Waals surface area (Å²) in [6.45, 7) is 2.02. The van der Waals surface area contributed by atoms with Crippen LogP contribution in [0.15, 0.2) is 36.8 Å². The lowest BCUT2D eigenvalue weighted by molar-refractivity contribution is 1.24. The van der Waals surface area contributed by atoms with E-state index in [1.807, 2.05) is 43.7 Å². The number of hydrogen-bond acceptors (Lipinski definition) is 2. The van der Waals surface area contributed by atoms with Crippen molar-refractivity contribution in [3.8, 4) is 11.3 Å². The van der Waals surface area contributed by atoms with Crippen molar-refractivity contribution < 1.29 is 0 Å². The molecule has 0 radical (unpaired) electrons. The van der Waals surface area contributed by atoms with Crippen molar-refractivity contribution >= 4 is 12.2 Å². The van der Waals surface area contributed by atoms with Crippen LogP contribution >= 0.6 is 12.2 Å². The fourth-order valence-corrected chi connectivity index (χ4v) is 1.47. The van der Waals surface area contributed by atoms with Crippen LogP contribution in [0, 0.1) is 11.4 Å². The Morgan fingerprint density at radius 2 is 2.14 bits per heavy atom. The average Bonchev–Trinajstić information content (AvgIpc) is 2.20. The van der Waals surface area contributed by atoms with E-state index >= 15 is 0 Å². The maximum atomic E-state index is 5.21. The maximum Gasteiger partial charge on any atom is 0.0731 e. The summed E-state index contributed by atoms with van der Waals surface area (Å²) in [6.07, 6.45) is 5.54. The predicted octanol–water partition coefficient (Wildman–Crippen LogP) is 3.11. The number of nitrogens with zero attached hydrogens (tertiary/aromatic N) is 1. The Balaban J connectivity index is 2.56. The zero-order chi connectivity index (χ0) is 9.97. The van der Waals surface area contributed by atoms with Crippen LogP contribution in [0.25, 0.3) is 11.3 Å². The number of H-pyrrole nitrogens is 1. The lowest BCUT2D eigenvalue weighted by Crippen LogP contribution is -1.85. The van der Waals surface area contributed by atoms with E-state index in [0.29, 0.717) is 0 Å². The molecule has 0 aliphatic heterocycles. The Morgan fingerprint density at radius 3 is 2.79 bits per heavy atom. The van der Waals surface area contributed by atoms with E-state index in [4.69, 9.17) is 12.2 Å². The highest BCUT2D eigenvalue weighted by Gasteiger charge is 1.99. The van der Waals surface area contributed by atoms with Crippen LogP contribution in [0.4, 0.5) is 0 Å². The van der Waals surface area contributed by atoms with Gasteiger partial charge in [-0.2, -0.15) is 0 Å². The largest absolute Gasteiger partial charge is 0.367 e. The standard InChI is InChI=1S/C11H10N2S/c1-8-2-3-10(13-6-8)9-7-12-5-4-11(9)14/h2-7H,1H3,(H,12,14). The topological polar surface area (TPSA) is 28.7 Å². The molecule has 0 saturated heterocycles. The van der Waals surface area contributed by atoms with E-state index < -0.39 is 0 Å². The van der Waals surface area contributed by atoms with Gasteiger partial charge in [-0.1, -0.05) is 18.3 Å². The molecule has 1 N–H and O–H groups in total. The summed E-state index contributed by atoms with van der Waals surface area (Å²) in [4.78, 5) is 7.33. The molecule has 0 aliphatic carbocycles. The second-order valence-corrected chi connectivity index (χ2v) is 3.58. The van der Waals surface area contributed by atoms with E-state index in [1.54, 1.807) is 0 Å². The third-order valence-electron chi connectivity index (χ3n) is 2.01. The van der Waals surface area contributed by atoms with Gasteiger partial charge in [0.25, 0.3) is 0 Å². The molecule has 0 bridgehead atoms.